The van der Waals surface area contributed by atoms with E-state index in [1.54, 1.807) is 12.1 Å². The van der Waals surface area contributed by atoms with Gasteiger partial charge in [0, 0.05) is 28.6 Å². The van der Waals surface area contributed by atoms with Crippen LogP contribution in [0, 0.1) is 36.3 Å². The van der Waals surface area contributed by atoms with Gasteiger partial charge in [0.1, 0.15) is 17.5 Å². The quantitative estimate of drug-likeness (QED) is 0.497. The maximum Gasteiger partial charge on any atom is 0.229 e. The van der Waals surface area contributed by atoms with E-state index in [1.807, 2.05) is 13.8 Å². The van der Waals surface area contributed by atoms with Crippen LogP contribution in [0.2, 0.25) is 0 Å². The predicted molar refractivity (Wildman–Crippen MR) is 94.7 cm³/mol. The van der Waals surface area contributed by atoms with Crippen LogP contribution < -0.4 is 11.4 Å². The standard InChI is InChI=1S/C18H16F2N6/c1-9-5-11(6-10(2)24-9)15-16(13-4-3-12(19)7-14(13)20)25-18(23)26(8-21)17(15)22/h3-8,21,23H,22H2,1-2H3. The molecule has 26 heavy (non-hydrogen) atoms. The number of hydrogen-bond donors (Lipinski definition) is 3. The molecule has 0 amide bonds. The van der Waals surface area contributed by atoms with E-state index in [9.17, 15) is 8.78 Å². The fourth-order valence-electron chi connectivity index (χ4n) is 2.84. The number of benzene rings is 1. The van der Waals surface area contributed by atoms with Crippen molar-refractivity contribution in [2.75, 3.05) is 5.73 Å². The van der Waals surface area contributed by atoms with Gasteiger partial charge in [-0.2, -0.15) is 0 Å². The Morgan fingerprint density at radius 1 is 1.08 bits per heavy atom. The first kappa shape index (κ1) is 17.4. The van der Waals surface area contributed by atoms with Crippen molar-refractivity contribution in [3.63, 3.8) is 0 Å². The summed E-state index contributed by atoms with van der Waals surface area (Å²) in [4.78, 5) is 8.42. The molecule has 0 radical (unpaired) electrons. The van der Waals surface area contributed by atoms with Gasteiger partial charge in [0.15, 0.2) is 0 Å². The van der Waals surface area contributed by atoms with Crippen molar-refractivity contribution < 1.29 is 8.78 Å². The first-order valence-corrected chi connectivity index (χ1v) is 7.70. The van der Waals surface area contributed by atoms with Gasteiger partial charge in [0.25, 0.3) is 0 Å². The summed E-state index contributed by atoms with van der Waals surface area (Å²) in [5.74, 6) is -1.47. The van der Waals surface area contributed by atoms with Crippen molar-refractivity contribution in [1.82, 2.24) is 14.5 Å². The van der Waals surface area contributed by atoms with Crippen molar-refractivity contribution in [2.24, 2.45) is 0 Å². The molecule has 3 rings (SSSR count). The summed E-state index contributed by atoms with van der Waals surface area (Å²) in [7, 11) is 0. The molecule has 0 aliphatic carbocycles. The number of nitrogens with one attached hydrogen (secondary N) is 2. The minimum absolute atomic E-state index is 0.0193. The highest BCUT2D eigenvalue weighted by molar-refractivity contribution is 5.89. The zero-order valence-electron chi connectivity index (χ0n) is 14.1. The Kier molecular flexibility index (Phi) is 4.33. The molecular formula is C18H16F2N6. The number of aromatic nitrogens is 3. The number of pyridine rings is 1. The highest BCUT2D eigenvalue weighted by Gasteiger charge is 2.20. The first-order valence-electron chi connectivity index (χ1n) is 7.70. The lowest BCUT2D eigenvalue weighted by Gasteiger charge is -2.16. The van der Waals surface area contributed by atoms with Crippen molar-refractivity contribution in [2.45, 2.75) is 13.8 Å². The van der Waals surface area contributed by atoms with E-state index in [0.717, 1.165) is 34.4 Å². The van der Waals surface area contributed by atoms with Crippen LogP contribution in [-0.2, 0) is 0 Å². The molecule has 0 bridgehead atoms. The Bertz CT molecular complexity index is 1070. The third-order valence-electron chi connectivity index (χ3n) is 3.88. The number of hydrogen-bond acceptors (Lipinski definition) is 5. The van der Waals surface area contributed by atoms with E-state index >= 15 is 0 Å². The highest BCUT2D eigenvalue weighted by atomic mass is 19.1. The molecule has 2 heterocycles. The minimum Gasteiger partial charge on any atom is -0.384 e. The number of rotatable bonds is 3. The Balaban J connectivity index is 2.44. The Labute approximate surface area is 148 Å². The first-order chi connectivity index (χ1) is 12.3. The van der Waals surface area contributed by atoms with Gasteiger partial charge in [-0.15, -0.1) is 0 Å². The van der Waals surface area contributed by atoms with Crippen LogP contribution in [-0.4, -0.2) is 20.9 Å². The van der Waals surface area contributed by atoms with Gasteiger partial charge >= 0.3 is 0 Å². The summed E-state index contributed by atoms with van der Waals surface area (Å²) in [6, 6.07) is 6.63. The summed E-state index contributed by atoms with van der Waals surface area (Å²) in [5.41, 5.74) is 8.39. The summed E-state index contributed by atoms with van der Waals surface area (Å²) in [6.45, 7) is 3.61. The molecule has 0 fully saturated rings. The average molecular weight is 354 g/mol. The molecule has 6 nitrogen and oxygen atoms in total. The van der Waals surface area contributed by atoms with Gasteiger partial charge in [-0.1, -0.05) is 0 Å². The van der Waals surface area contributed by atoms with E-state index in [0.29, 0.717) is 11.1 Å². The predicted octanol–water partition coefficient (Wildman–Crippen LogP) is 3.02. The second-order valence-electron chi connectivity index (χ2n) is 5.81. The van der Waals surface area contributed by atoms with Crippen LogP contribution in [0.15, 0.2) is 30.3 Å². The number of halogens is 2. The molecule has 0 aliphatic rings. The average Bonchev–Trinajstić information content (AvgIpc) is 2.53. The second-order valence-corrected chi connectivity index (χ2v) is 5.81. The zero-order valence-corrected chi connectivity index (χ0v) is 14.1. The van der Waals surface area contributed by atoms with Crippen LogP contribution in [0.3, 0.4) is 0 Å². The molecular weight excluding hydrogens is 338 g/mol. The van der Waals surface area contributed by atoms with Gasteiger partial charge < -0.3 is 5.73 Å². The van der Waals surface area contributed by atoms with Gasteiger partial charge in [-0.3, -0.25) is 20.4 Å². The van der Waals surface area contributed by atoms with E-state index in [-0.39, 0.29) is 22.7 Å². The lowest BCUT2D eigenvalue weighted by molar-refractivity contribution is 0.585. The van der Waals surface area contributed by atoms with Crippen LogP contribution in [0.4, 0.5) is 14.6 Å². The van der Waals surface area contributed by atoms with Crippen molar-refractivity contribution >= 4 is 12.2 Å². The molecule has 1 aromatic carbocycles. The second kappa shape index (κ2) is 6.47. The van der Waals surface area contributed by atoms with Crippen molar-refractivity contribution in [3.05, 3.63) is 59.0 Å². The third-order valence-corrected chi connectivity index (χ3v) is 3.88. The lowest BCUT2D eigenvalue weighted by Crippen LogP contribution is -2.27. The summed E-state index contributed by atoms with van der Waals surface area (Å²) in [6.07, 6.45) is 0.861. The highest BCUT2D eigenvalue weighted by Crippen LogP contribution is 2.35. The number of anilines is 1. The molecule has 0 atom stereocenters. The fourth-order valence-corrected chi connectivity index (χ4v) is 2.84. The molecule has 0 spiro atoms. The molecule has 2 aromatic heterocycles. The normalized spacial score (nSPS) is 10.8. The number of nitrogens with zero attached hydrogens (tertiary/aromatic N) is 3. The minimum atomic E-state index is -0.812. The maximum atomic E-state index is 14.4. The molecule has 4 N–H and O–H groups in total. The van der Waals surface area contributed by atoms with E-state index < -0.39 is 11.6 Å². The van der Waals surface area contributed by atoms with Gasteiger partial charge in [0.2, 0.25) is 5.62 Å². The smallest absolute Gasteiger partial charge is 0.229 e. The fraction of sp³-hybridized carbons (Fsp3) is 0.111. The number of aryl methyl sites for hydroxylation is 2. The SMILES string of the molecule is Cc1cc(-c2c(-c3ccc(F)cc3F)nc(=N)n(C=N)c2N)cc(C)n1. The van der Waals surface area contributed by atoms with Crippen molar-refractivity contribution in [1.29, 1.82) is 10.8 Å². The Morgan fingerprint density at radius 3 is 2.31 bits per heavy atom. The largest absolute Gasteiger partial charge is 0.384 e. The van der Waals surface area contributed by atoms with Crippen LogP contribution >= 0.6 is 0 Å². The topological polar surface area (TPSA) is 104 Å². The molecule has 0 aliphatic heterocycles. The molecule has 132 valence electrons. The van der Waals surface area contributed by atoms with Crippen LogP contribution in [0.5, 0.6) is 0 Å². The molecule has 0 saturated carbocycles. The number of nitrogens with two attached hydrogens (primary N) is 1. The third kappa shape index (κ3) is 2.97. The lowest BCUT2D eigenvalue weighted by atomic mass is 9.98. The molecule has 8 heteroatoms. The summed E-state index contributed by atoms with van der Waals surface area (Å²) >= 11 is 0. The zero-order chi connectivity index (χ0) is 19.0. The molecule has 0 unspecified atom stereocenters. The van der Waals surface area contributed by atoms with E-state index in [1.165, 1.54) is 6.07 Å². The number of nitrogen functional groups attached to an aromatic ring is 1. The van der Waals surface area contributed by atoms with Crippen LogP contribution in [0.25, 0.3) is 22.4 Å². The Morgan fingerprint density at radius 2 is 1.73 bits per heavy atom. The van der Waals surface area contributed by atoms with Gasteiger partial charge in [-0.25, -0.2) is 13.8 Å². The summed E-state index contributed by atoms with van der Waals surface area (Å²) < 4.78 is 28.8. The van der Waals surface area contributed by atoms with Crippen LogP contribution in [0.1, 0.15) is 11.4 Å². The Hall–Kier alpha value is -3.42. The molecule has 0 saturated heterocycles. The van der Waals surface area contributed by atoms with Crippen molar-refractivity contribution in [3.8, 4) is 22.4 Å². The maximum absolute atomic E-state index is 14.4. The van der Waals surface area contributed by atoms with E-state index in [4.69, 9.17) is 16.6 Å². The van der Waals surface area contributed by atoms with E-state index in [2.05, 4.69) is 9.97 Å². The van der Waals surface area contributed by atoms with Gasteiger partial charge in [0.05, 0.1) is 12.0 Å². The monoisotopic (exact) mass is 354 g/mol. The van der Waals surface area contributed by atoms with Gasteiger partial charge in [-0.05, 0) is 43.7 Å². The summed E-state index contributed by atoms with van der Waals surface area (Å²) in [5, 5.41) is 15.4. The molecule has 3 aromatic rings.